The van der Waals surface area contributed by atoms with Gasteiger partial charge in [-0.2, -0.15) is 4.72 Å². The molecule has 2 rings (SSSR count). The summed E-state index contributed by atoms with van der Waals surface area (Å²) in [5, 5.41) is 0.256. The van der Waals surface area contributed by atoms with Crippen molar-refractivity contribution in [3.8, 4) is 5.75 Å². The number of likely N-dealkylation sites (N-methyl/N-ethyl adjacent to an activating group) is 1. The molecule has 0 unspecified atom stereocenters. The number of nitrogens with one attached hydrogen (secondary N) is 1. The van der Waals surface area contributed by atoms with E-state index in [-0.39, 0.29) is 21.6 Å². The Morgan fingerprint density at radius 1 is 1.23 bits per heavy atom. The van der Waals surface area contributed by atoms with Gasteiger partial charge < -0.3 is 9.64 Å². The van der Waals surface area contributed by atoms with Crippen molar-refractivity contribution in [2.45, 2.75) is 24.4 Å². The van der Waals surface area contributed by atoms with Crippen molar-refractivity contribution in [1.29, 1.82) is 0 Å². The second-order valence-corrected chi connectivity index (χ2v) is 7.94. The number of amides is 1. The van der Waals surface area contributed by atoms with Crippen LogP contribution in [-0.4, -0.2) is 39.4 Å². The fraction of sp³-hybridized carbons (Fsp3) is 0.278. The summed E-state index contributed by atoms with van der Waals surface area (Å²) in [6, 6.07) is 12.8. The highest BCUT2D eigenvalue weighted by atomic mass is 35.5. The molecule has 1 N–H and O–H groups in total. The van der Waals surface area contributed by atoms with E-state index < -0.39 is 16.1 Å². The summed E-state index contributed by atoms with van der Waals surface area (Å²) in [4.78, 5) is 13.9. The van der Waals surface area contributed by atoms with Crippen LogP contribution in [0.3, 0.4) is 0 Å². The lowest BCUT2D eigenvalue weighted by Gasteiger charge is -2.22. The third-order valence-electron chi connectivity index (χ3n) is 3.76. The lowest BCUT2D eigenvalue weighted by molar-refractivity contribution is -0.131. The fourth-order valence-electron chi connectivity index (χ4n) is 2.47. The quantitative estimate of drug-likeness (QED) is 0.780. The lowest BCUT2D eigenvalue weighted by atomic mass is 10.2. The summed E-state index contributed by atoms with van der Waals surface area (Å²) < 4.78 is 32.7. The molecule has 0 aliphatic rings. The molecule has 1 atom stereocenters. The predicted molar refractivity (Wildman–Crippen MR) is 101 cm³/mol. The van der Waals surface area contributed by atoms with Crippen molar-refractivity contribution in [2.75, 3.05) is 14.2 Å². The second-order valence-electron chi connectivity index (χ2n) is 5.82. The van der Waals surface area contributed by atoms with E-state index in [2.05, 4.69) is 4.72 Å². The number of benzene rings is 2. The first-order chi connectivity index (χ1) is 12.2. The molecule has 0 saturated heterocycles. The van der Waals surface area contributed by atoms with Crippen LogP contribution < -0.4 is 9.46 Å². The number of halogens is 1. The molecular weight excluding hydrogens is 376 g/mol. The van der Waals surface area contributed by atoms with E-state index in [4.69, 9.17) is 16.3 Å². The van der Waals surface area contributed by atoms with Crippen molar-refractivity contribution in [3.63, 3.8) is 0 Å². The van der Waals surface area contributed by atoms with Gasteiger partial charge in [-0.25, -0.2) is 8.42 Å². The average molecular weight is 397 g/mol. The molecule has 1 amide bonds. The minimum Gasteiger partial charge on any atom is -0.495 e. The highest BCUT2D eigenvalue weighted by molar-refractivity contribution is 7.89. The number of carbonyl (C=O) groups is 1. The lowest BCUT2D eigenvalue weighted by Crippen LogP contribution is -2.45. The van der Waals surface area contributed by atoms with Crippen molar-refractivity contribution in [2.24, 2.45) is 0 Å². The summed E-state index contributed by atoms with van der Waals surface area (Å²) in [6.45, 7) is 1.88. The molecule has 0 radical (unpaired) electrons. The summed E-state index contributed by atoms with van der Waals surface area (Å²) in [5.41, 5.74) is 0.954. The van der Waals surface area contributed by atoms with Gasteiger partial charge in [0.1, 0.15) is 10.6 Å². The topological polar surface area (TPSA) is 75.7 Å². The molecule has 0 aliphatic carbocycles. The first-order valence-electron chi connectivity index (χ1n) is 7.89. The molecule has 8 heteroatoms. The Kier molecular flexibility index (Phi) is 6.63. The standard InChI is InChI=1S/C18H21ClN2O4S/c1-13(18(22)21(2)12-14-7-5-4-6-8-14)20-26(23,24)17-11-15(19)9-10-16(17)25-3/h4-11,13,20H,12H2,1-3H3/t13-/m1/s1. The van der Waals surface area contributed by atoms with Crippen molar-refractivity contribution >= 4 is 27.5 Å². The zero-order valence-electron chi connectivity index (χ0n) is 14.8. The van der Waals surface area contributed by atoms with Gasteiger partial charge in [0.2, 0.25) is 15.9 Å². The van der Waals surface area contributed by atoms with E-state index in [1.54, 1.807) is 7.05 Å². The van der Waals surface area contributed by atoms with Gasteiger partial charge in [0.15, 0.2) is 0 Å². The Bertz CT molecular complexity index is 872. The number of ether oxygens (including phenoxy) is 1. The molecular formula is C18H21ClN2O4S. The SMILES string of the molecule is COc1ccc(Cl)cc1S(=O)(=O)N[C@H](C)C(=O)N(C)Cc1ccccc1. The van der Waals surface area contributed by atoms with Crippen LogP contribution in [0.4, 0.5) is 0 Å². The van der Waals surface area contributed by atoms with E-state index >= 15 is 0 Å². The third kappa shape index (κ3) is 4.97. The van der Waals surface area contributed by atoms with Gasteiger partial charge >= 0.3 is 0 Å². The van der Waals surface area contributed by atoms with Crippen LogP contribution in [0, 0.1) is 0 Å². The van der Waals surface area contributed by atoms with Crippen LogP contribution >= 0.6 is 11.6 Å². The van der Waals surface area contributed by atoms with E-state index in [0.29, 0.717) is 6.54 Å². The van der Waals surface area contributed by atoms with Gasteiger partial charge in [-0.05, 0) is 30.7 Å². The highest BCUT2D eigenvalue weighted by Gasteiger charge is 2.27. The minimum atomic E-state index is -3.98. The summed E-state index contributed by atoms with van der Waals surface area (Å²) >= 11 is 5.90. The number of rotatable bonds is 7. The molecule has 0 aliphatic heterocycles. The minimum absolute atomic E-state index is 0.113. The molecule has 26 heavy (non-hydrogen) atoms. The smallest absolute Gasteiger partial charge is 0.245 e. The van der Waals surface area contributed by atoms with Crippen LogP contribution in [0.2, 0.25) is 5.02 Å². The molecule has 0 saturated carbocycles. The maximum absolute atomic E-state index is 12.6. The zero-order chi connectivity index (χ0) is 19.3. The Labute approximate surface area is 158 Å². The molecule has 0 heterocycles. The van der Waals surface area contributed by atoms with Crippen LogP contribution in [0.15, 0.2) is 53.4 Å². The molecule has 2 aromatic rings. The molecule has 0 bridgehead atoms. The van der Waals surface area contributed by atoms with Gasteiger partial charge in [0.25, 0.3) is 0 Å². The van der Waals surface area contributed by atoms with Gasteiger partial charge in [0.05, 0.1) is 13.2 Å². The third-order valence-corrected chi connectivity index (χ3v) is 5.55. The van der Waals surface area contributed by atoms with Crippen molar-refractivity contribution in [1.82, 2.24) is 9.62 Å². The van der Waals surface area contributed by atoms with Gasteiger partial charge in [-0.3, -0.25) is 4.79 Å². The molecule has 0 fully saturated rings. The molecule has 2 aromatic carbocycles. The normalized spacial score (nSPS) is 12.5. The van der Waals surface area contributed by atoms with E-state index in [1.807, 2.05) is 30.3 Å². The number of carbonyl (C=O) groups excluding carboxylic acids is 1. The largest absolute Gasteiger partial charge is 0.495 e. The number of hydrogen-bond acceptors (Lipinski definition) is 4. The first kappa shape index (κ1) is 20.2. The van der Waals surface area contributed by atoms with Gasteiger partial charge in [-0.1, -0.05) is 41.9 Å². The highest BCUT2D eigenvalue weighted by Crippen LogP contribution is 2.27. The molecule has 140 valence electrons. The van der Waals surface area contributed by atoms with E-state index in [0.717, 1.165) is 5.56 Å². The van der Waals surface area contributed by atoms with Crippen LogP contribution in [0.25, 0.3) is 0 Å². The maximum Gasteiger partial charge on any atom is 0.245 e. The number of methoxy groups -OCH3 is 1. The Balaban J connectivity index is 2.13. The summed E-state index contributed by atoms with van der Waals surface area (Å²) in [5.74, 6) is -0.197. The van der Waals surface area contributed by atoms with Gasteiger partial charge in [0, 0.05) is 18.6 Å². The fourth-order valence-corrected chi connectivity index (χ4v) is 4.10. The average Bonchev–Trinajstić information content (AvgIpc) is 2.61. The molecule has 0 aromatic heterocycles. The van der Waals surface area contributed by atoms with Crippen molar-refractivity contribution < 1.29 is 17.9 Å². The predicted octanol–water partition coefficient (Wildman–Crippen LogP) is 2.67. The zero-order valence-corrected chi connectivity index (χ0v) is 16.3. The molecule has 6 nitrogen and oxygen atoms in total. The van der Waals surface area contributed by atoms with Crippen LogP contribution in [-0.2, 0) is 21.4 Å². The Morgan fingerprint density at radius 3 is 2.50 bits per heavy atom. The molecule has 0 spiro atoms. The first-order valence-corrected chi connectivity index (χ1v) is 9.75. The summed E-state index contributed by atoms with van der Waals surface area (Å²) in [6.07, 6.45) is 0. The Morgan fingerprint density at radius 2 is 1.88 bits per heavy atom. The maximum atomic E-state index is 12.6. The number of hydrogen-bond donors (Lipinski definition) is 1. The van der Waals surface area contributed by atoms with Gasteiger partial charge in [-0.15, -0.1) is 0 Å². The number of sulfonamides is 1. The second kappa shape index (κ2) is 8.53. The van der Waals surface area contributed by atoms with Crippen LogP contribution in [0.5, 0.6) is 5.75 Å². The number of nitrogens with zero attached hydrogens (tertiary/aromatic N) is 1. The van der Waals surface area contributed by atoms with E-state index in [1.165, 1.54) is 37.1 Å². The van der Waals surface area contributed by atoms with E-state index in [9.17, 15) is 13.2 Å². The summed E-state index contributed by atoms with van der Waals surface area (Å²) in [7, 11) is -0.992. The van der Waals surface area contributed by atoms with Crippen LogP contribution in [0.1, 0.15) is 12.5 Å². The Hall–Kier alpha value is -2.09. The monoisotopic (exact) mass is 396 g/mol. The van der Waals surface area contributed by atoms with Crippen molar-refractivity contribution in [3.05, 3.63) is 59.1 Å².